The maximum atomic E-state index is 13.4. The van der Waals surface area contributed by atoms with Crippen molar-refractivity contribution in [2.24, 2.45) is 0 Å². The summed E-state index contributed by atoms with van der Waals surface area (Å²) in [4.78, 5) is 27.2. The van der Waals surface area contributed by atoms with Gasteiger partial charge in [0.05, 0.1) is 26.4 Å². The molecule has 4 rings (SSSR count). The van der Waals surface area contributed by atoms with Crippen LogP contribution < -0.4 is 19.7 Å². The first-order valence-corrected chi connectivity index (χ1v) is 13.6. The highest BCUT2D eigenvalue weighted by Gasteiger charge is 2.35. The van der Waals surface area contributed by atoms with Crippen molar-refractivity contribution in [2.75, 3.05) is 12.0 Å². The minimum absolute atomic E-state index is 0.0853. The Labute approximate surface area is 250 Å². The first-order chi connectivity index (χ1) is 17.2. The molecule has 11 heteroatoms. The number of carbonyl (C=O) groups is 2. The van der Waals surface area contributed by atoms with Crippen molar-refractivity contribution in [1.82, 2.24) is 5.32 Å². The Morgan fingerprint density at radius 1 is 1.08 bits per heavy atom. The van der Waals surface area contributed by atoms with Gasteiger partial charge in [-0.2, -0.15) is 0 Å². The van der Waals surface area contributed by atoms with Gasteiger partial charge in [0, 0.05) is 3.57 Å². The topological polar surface area (TPSA) is 67.9 Å². The molecule has 1 saturated heterocycles. The van der Waals surface area contributed by atoms with Gasteiger partial charge in [-0.05, 0) is 111 Å². The summed E-state index contributed by atoms with van der Waals surface area (Å²) in [7, 11) is 1.53. The number of nitrogens with one attached hydrogen (secondary N) is 1. The normalized spacial score (nSPS) is 14.8. The molecule has 3 aromatic rings. The molecular weight excluding hydrogens is 749 g/mol. The molecule has 1 N–H and O–H groups in total. The van der Waals surface area contributed by atoms with Crippen LogP contribution in [0.2, 0.25) is 10.0 Å². The van der Waals surface area contributed by atoms with Crippen LogP contribution in [0.3, 0.4) is 0 Å². The molecule has 1 fully saturated rings. The maximum Gasteiger partial charge on any atom is 0.270 e. The molecule has 1 aliphatic heterocycles. The van der Waals surface area contributed by atoms with Gasteiger partial charge < -0.3 is 9.47 Å². The fourth-order valence-electron chi connectivity index (χ4n) is 3.41. The smallest absolute Gasteiger partial charge is 0.270 e. The van der Waals surface area contributed by atoms with E-state index in [4.69, 9.17) is 44.9 Å². The Kier molecular flexibility index (Phi) is 8.76. The number of halogens is 4. The number of rotatable bonds is 6. The molecule has 0 spiro atoms. The van der Waals surface area contributed by atoms with Gasteiger partial charge in [0.25, 0.3) is 11.8 Å². The lowest BCUT2D eigenvalue weighted by Gasteiger charge is -2.29. The van der Waals surface area contributed by atoms with Gasteiger partial charge in [-0.15, -0.1) is 0 Å². The zero-order valence-corrected chi connectivity index (χ0v) is 25.1. The Morgan fingerprint density at radius 3 is 2.50 bits per heavy atom. The molecule has 1 aliphatic rings. The second kappa shape index (κ2) is 11.6. The minimum atomic E-state index is -0.624. The van der Waals surface area contributed by atoms with E-state index in [0.29, 0.717) is 23.7 Å². The molecule has 6 nitrogen and oxygen atoms in total. The standard InChI is InChI=1S/C25H16Cl2I2N2O4S/c1-34-20-11-14(10-18(29)22(20)35-12-13-5-7-15(28)8-6-13)9-16-23(32)30-25(36)31(24(16)33)19-4-2-3-17(26)21(19)27/h2-11H,12H2,1H3,(H,30,32,36)/b16-9+. The molecule has 0 radical (unpaired) electrons. The third-order valence-corrected chi connectivity index (χ3v) is 7.75. The average Bonchev–Trinajstić information content (AvgIpc) is 2.84. The molecule has 0 saturated carbocycles. The van der Waals surface area contributed by atoms with Gasteiger partial charge in [0.15, 0.2) is 16.6 Å². The highest BCUT2D eigenvalue weighted by atomic mass is 127. The van der Waals surface area contributed by atoms with Gasteiger partial charge in [0.1, 0.15) is 12.2 Å². The van der Waals surface area contributed by atoms with E-state index in [9.17, 15) is 9.59 Å². The molecule has 2 amide bonds. The number of anilines is 1. The summed E-state index contributed by atoms with van der Waals surface area (Å²) >= 11 is 22.0. The van der Waals surface area contributed by atoms with E-state index in [-0.39, 0.29) is 26.4 Å². The predicted octanol–water partition coefficient (Wildman–Crippen LogP) is 6.62. The zero-order chi connectivity index (χ0) is 26.0. The van der Waals surface area contributed by atoms with Crippen LogP contribution in [-0.4, -0.2) is 24.0 Å². The van der Waals surface area contributed by atoms with E-state index in [1.165, 1.54) is 13.2 Å². The number of hydrogen-bond acceptors (Lipinski definition) is 5. The van der Waals surface area contributed by atoms with Gasteiger partial charge in [-0.1, -0.05) is 41.4 Å². The number of hydrogen-bond donors (Lipinski definition) is 1. The van der Waals surface area contributed by atoms with Crippen molar-refractivity contribution in [3.8, 4) is 11.5 Å². The summed E-state index contributed by atoms with van der Waals surface area (Å²) in [5.41, 5.74) is 1.74. The number of methoxy groups -OCH3 is 1. The molecule has 184 valence electrons. The monoisotopic (exact) mass is 764 g/mol. The van der Waals surface area contributed by atoms with E-state index >= 15 is 0 Å². The van der Waals surface area contributed by atoms with Crippen LogP contribution in [0, 0.1) is 7.14 Å². The van der Waals surface area contributed by atoms with Crippen LogP contribution in [0.15, 0.2) is 60.2 Å². The van der Waals surface area contributed by atoms with Crippen molar-refractivity contribution >= 4 is 109 Å². The second-order valence-electron chi connectivity index (χ2n) is 7.48. The third kappa shape index (κ3) is 5.80. The van der Waals surface area contributed by atoms with Crippen LogP contribution in [0.5, 0.6) is 11.5 Å². The van der Waals surface area contributed by atoms with E-state index in [1.807, 2.05) is 24.3 Å². The number of nitrogens with zero attached hydrogens (tertiary/aromatic N) is 1. The Morgan fingerprint density at radius 2 is 1.81 bits per heavy atom. The predicted molar refractivity (Wildman–Crippen MR) is 162 cm³/mol. The van der Waals surface area contributed by atoms with Crippen molar-refractivity contribution in [1.29, 1.82) is 0 Å². The number of carbonyl (C=O) groups excluding carboxylic acids is 2. The van der Waals surface area contributed by atoms with Gasteiger partial charge in [-0.25, -0.2) is 0 Å². The largest absolute Gasteiger partial charge is 0.493 e. The first kappa shape index (κ1) is 27.1. The van der Waals surface area contributed by atoms with Crippen LogP contribution in [-0.2, 0) is 16.2 Å². The highest BCUT2D eigenvalue weighted by Crippen LogP contribution is 2.37. The summed E-state index contributed by atoms with van der Waals surface area (Å²) in [5, 5.41) is 2.86. The number of benzene rings is 3. The highest BCUT2D eigenvalue weighted by molar-refractivity contribution is 14.1. The molecule has 0 aromatic heterocycles. The van der Waals surface area contributed by atoms with Gasteiger partial charge in [0.2, 0.25) is 0 Å². The molecular formula is C25H16Cl2I2N2O4S. The van der Waals surface area contributed by atoms with Crippen molar-refractivity contribution < 1.29 is 19.1 Å². The molecule has 0 bridgehead atoms. The number of thiocarbonyl (C=S) groups is 1. The molecule has 3 aromatic carbocycles. The Hall–Kier alpha value is -1.93. The summed E-state index contributed by atoms with van der Waals surface area (Å²) in [6.07, 6.45) is 1.47. The summed E-state index contributed by atoms with van der Waals surface area (Å²) < 4.78 is 13.5. The fourth-order valence-corrected chi connectivity index (χ4v) is 5.20. The molecule has 36 heavy (non-hydrogen) atoms. The van der Waals surface area contributed by atoms with E-state index in [1.54, 1.807) is 30.3 Å². The van der Waals surface area contributed by atoms with Crippen molar-refractivity contribution in [3.05, 3.63) is 88.5 Å². The zero-order valence-electron chi connectivity index (χ0n) is 18.5. The second-order valence-corrected chi connectivity index (χ2v) is 11.1. The van der Waals surface area contributed by atoms with Crippen molar-refractivity contribution in [2.45, 2.75) is 6.61 Å². The lowest BCUT2D eigenvalue weighted by Crippen LogP contribution is -2.54. The maximum absolute atomic E-state index is 13.4. The summed E-state index contributed by atoms with van der Waals surface area (Å²) in [5.74, 6) is -0.215. The van der Waals surface area contributed by atoms with E-state index in [0.717, 1.165) is 17.6 Å². The summed E-state index contributed by atoms with van der Waals surface area (Å²) in [6, 6.07) is 16.3. The van der Waals surface area contributed by atoms with Gasteiger partial charge >= 0.3 is 0 Å². The SMILES string of the molecule is COc1cc(/C=C2\C(=O)NC(=S)N(c3cccc(Cl)c3Cl)C2=O)cc(I)c1OCc1ccc(I)cc1. The van der Waals surface area contributed by atoms with Crippen molar-refractivity contribution in [3.63, 3.8) is 0 Å². The quantitative estimate of drug-likeness (QED) is 0.132. The van der Waals surface area contributed by atoms with E-state index < -0.39 is 11.8 Å². The molecule has 0 unspecified atom stereocenters. The fraction of sp³-hybridized carbons (Fsp3) is 0.0800. The average molecular weight is 765 g/mol. The Balaban J connectivity index is 1.66. The lowest BCUT2D eigenvalue weighted by molar-refractivity contribution is -0.122. The molecule has 0 aliphatic carbocycles. The van der Waals surface area contributed by atoms with E-state index in [2.05, 4.69) is 50.5 Å². The minimum Gasteiger partial charge on any atom is -0.493 e. The molecule has 1 heterocycles. The van der Waals surface area contributed by atoms with Crippen LogP contribution >= 0.6 is 80.6 Å². The van der Waals surface area contributed by atoms with Crippen LogP contribution in [0.4, 0.5) is 5.69 Å². The van der Waals surface area contributed by atoms with Crippen LogP contribution in [0.1, 0.15) is 11.1 Å². The number of amides is 2. The number of ether oxygens (including phenoxy) is 2. The Bertz CT molecular complexity index is 1410. The first-order valence-electron chi connectivity index (χ1n) is 10.3. The lowest BCUT2D eigenvalue weighted by atomic mass is 10.1. The summed E-state index contributed by atoms with van der Waals surface area (Å²) in [6.45, 7) is 0.359. The molecule has 0 atom stereocenters. The van der Waals surface area contributed by atoms with Gasteiger partial charge in [-0.3, -0.25) is 19.8 Å². The third-order valence-electron chi connectivity index (χ3n) is 5.13. The van der Waals surface area contributed by atoms with Crippen LogP contribution in [0.25, 0.3) is 6.08 Å².